The Labute approximate surface area is 102 Å². The Bertz CT molecular complexity index is 391. The Morgan fingerprint density at radius 3 is 2.65 bits per heavy atom. The number of carbonyl (C=O) groups is 1. The summed E-state index contributed by atoms with van der Waals surface area (Å²) in [5.41, 5.74) is 1.82. The minimum absolute atomic E-state index is 0.164. The second kappa shape index (κ2) is 4.87. The third-order valence-electron chi connectivity index (χ3n) is 3.00. The molecular weight excluding hydrogens is 216 g/mol. The van der Waals surface area contributed by atoms with Crippen molar-refractivity contribution in [3.8, 4) is 0 Å². The van der Waals surface area contributed by atoms with Crippen LogP contribution in [0.5, 0.6) is 0 Å². The Kier molecular flexibility index (Phi) is 3.47. The average molecular weight is 236 g/mol. The molecule has 0 unspecified atom stereocenters. The molecule has 1 aliphatic rings. The molecule has 0 spiro atoms. The first-order valence-corrected chi connectivity index (χ1v) is 6.09. The van der Waals surface area contributed by atoms with Gasteiger partial charge in [-0.15, -0.1) is 0 Å². The molecule has 2 rings (SSSR count). The predicted molar refractivity (Wildman–Crippen MR) is 65.7 cm³/mol. The number of aryl methyl sites for hydroxylation is 1. The molecule has 1 aromatic heterocycles. The molecule has 1 aromatic rings. The van der Waals surface area contributed by atoms with Crippen molar-refractivity contribution in [1.29, 1.82) is 0 Å². The minimum atomic E-state index is 0.164. The Morgan fingerprint density at radius 2 is 2.12 bits per heavy atom. The number of hydrogen-bond donors (Lipinski definition) is 2. The number of piperazine rings is 1. The van der Waals surface area contributed by atoms with Crippen LogP contribution in [0.25, 0.3) is 0 Å². The maximum absolute atomic E-state index is 12.1. The molecule has 1 fully saturated rings. The van der Waals surface area contributed by atoms with Gasteiger partial charge in [0.1, 0.15) is 0 Å². The van der Waals surface area contributed by atoms with E-state index in [2.05, 4.69) is 29.4 Å². The summed E-state index contributed by atoms with van der Waals surface area (Å²) in [7, 11) is 0. The quantitative estimate of drug-likeness (QED) is 0.784. The Balaban J connectivity index is 1.95. The van der Waals surface area contributed by atoms with Crippen LogP contribution in [0.3, 0.4) is 0 Å². The summed E-state index contributed by atoms with van der Waals surface area (Å²) < 4.78 is 0. The molecule has 0 saturated carbocycles. The van der Waals surface area contributed by atoms with Gasteiger partial charge < -0.3 is 10.2 Å². The Hall–Kier alpha value is -1.36. The fraction of sp³-hybridized carbons (Fsp3) is 0.667. The molecule has 2 heterocycles. The molecule has 5 heteroatoms. The van der Waals surface area contributed by atoms with Gasteiger partial charge in [-0.2, -0.15) is 5.10 Å². The van der Waals surface area contributed by atoms with E-state index in [0.717, 1.165) is 24.5 Å². The molecule has 5 nitrogen and oxygen atoms in total. The van der Waals surface area contributed by atoms with Crippen LogP contribution in [-0.2, 0) is 11.2 Å². The zero-order valence-corrected chi connectivity index (χ0v) is 10.7. The fourth-order valence-electron chi connectivity index (χ4n) is 2.36. The van der Waals surface area contributed by atoms with Crippen molar-refractivity contribution in [2.24, 2.45) is 0 Å². The fourth-order valence-corrected chi connectivity index (χ4v) is 2.36. The summed E-state index contributed by atoms with van der Waals surface area (Å²) >= 11 is 0. The average Bonchev–Trinajstić information content (AvgIpc) is 2.62. The second-order valence-corrected chi connectivity index (χ2v) is 4.99. The summed E-state index contributed by atoms with van der Waals surface area (Å²) in [4.78, 5) is 14.0. The first-order chi connectivity index (χ1) is 8.04. The molecule has 1 aliphatic heterocycles. The van der Waals surface area contributed by atoms with Gasteiger partial charge in [-0.1, -0.05) is 0 Å². The number of hydrogen-bond acceptors (Lipinski definition) is 3. The lowest BCUT2D eigenvalue weighted by molar-refractivity contribution is -0.132. The van der Waals surface area contributed by atoms with E-state index in [1.165, 1.54) is 0 Å². The van der Waals surface area contributed by atoms with Crippen LogP contribution in [-0.4, -0.2) is 46.2 Å². The van der Waals surface area contributed by atoms with E-state index in [1.807, 2.05) is 17.9 Å². The van der Waals surface area contributed by atoms with Crippen molar-refractivity contribution in [3.63, 3.8) is 0 Å². The zero-order chi connectivity index (χ0) is 12.4. The summed E-state index contributed by atoms with van der Waals surface area (Å²) in [6.45, 7) is 7.72. The number of aromatic amines is 1. The van der Waals surface area contributed by atoms with E-state index < -0.39 is 0 Å². The van der Waals surface area contributed by atoms with Crippen molar-refractivity contribution >= 4 is 5.91 Å². The normalized spacial score (nSPS) is 25.0. The summed E-state index contributed by atoms with van der Waals surface area (Å²) in [6, 6.07) is 2.65. The largest absolute Gasteiger partial charge is 0.339 e. The van der Waals surface area contributed by atoms with E-state index in [0.29, 0.717) is 18.5 Å². The summed E-state index contributed by atoms with van der Waals surface area (Å²) in [5, 5.41) is 10.4. The number of amides is 1. The predicted octanol–water partition coefficient (Wildman–Crippen LogP) is 0.469. The van der Waals surface area contributed by atoms with Crippen LogP contribution in [0.15, 0.2) is 6.07 Å². The molecule has 17 heavy (non-hydrogen) atoms. The molecule has 2 atom stereocenters. The van der Waals surface area contributed by atoms with Gasteiger partial charge in [0, 0.05) is 30.9 Å². The van der Waals surface area contributed by atoms with Crippen molar-refractivity contribution in [2.75, 3.05) is 13.1 Å². The molecule has 2 N–H and O–H groups in total. The van der Waals surface area contributed by atoms with Crippen molar-refractivity contribution < 1.29 is 4.79 Å². The lowest BCUT2D eigenvalue weighted by atomic mass is 10.1. The van der Waals surface area contributed by atoms with Crippen molar-refractivity contribution in [1.82, 2.24) is 20.4 Å². The van der Waals surface area contributed by atoms with E-state index >= 15 is 0 Å². The molecule has 94 valence electrons. The van der Waals surface area contributed by atoms with Crippen LogP contribution in [0.2, 0.25) is 0 Å². The minimum Gasteiger partial charge on any atom is -0.339 e. The highest BCUT2D eigenvalue weighted by atomic mass is 16.2. The molecule has 0 radical (unpaired) electrons. The smallest absolute Gasteiger partial charge is 0.228 e. The number of rotatable bonds is 2. The zero-order valence-electron chi connectivity index (χ0n) is 10.7. The lowest BCUT2D eigenvalue weighted by Gasteiger charge is -2.36. The monoisotopic (exact) mass is 236 g/mol. The molecule has 0 aliphatic carbocycles. The highest BCUT2D eigenvalue weighted by Crippen LogP contribution is 2.07. The van der Waals surface area contributed by atoms with Crippen LogP contribution < -0.4 is 5.32 Å². The van der Waals surface area contributed by atoms with E-state index in [1.54, 1.807) is 0 Å². The van der Waals surface area contributed by atoms with E-state index in [9.17, 15) is 4.79 Å². The maximum atomic E-state index is 12.1. The van der Waals surface area contributed by atoms with E-state index in [-0.39, 0.29) is 5.91 Å². The van der Waals surface area contributed by atoms with Crippen LogP contribution >= 0.6 is 0 Å². The molecule has 1 amide bonds. The third-order valence-corrected chi connectivity index (χ3v) is 3.00. The van der Waals surface area contributed by atoms with Crippen molar-refractivity contribution in [3.05, 3.63) is 17.5 Å². The maximum Gasteiger partial charge on any atom is 0.228 e. The SMILES string of the molecule is Cc1cc(CC(=O)N2C[C@@H](C)N[C@@H](C)C2)n[nH]1. The number of nitrogens with one attached hydrogen (secondary N) is 2. The summed E-state index contributed by atoms with van der Waals surface area (Å²) in [6.07, 6.45) is 0.393. The first kappa shape index (κ1) is 12.1. The van der Waals surface area contributed by atoms with Crippen LogP contribution in [0, 0.1) is 6.92 Å². The van der Waals surface area contributed by atoms with Gasteiger partial charge >= 0.3 is 0 Å². The number of H-pyrrole nitrogens is 1. The number of nitrogens with zero attached hydrogens (tertiary/aromatic N) is 2. The van der Waals surface area contributed by atoms with Gasteiger partial charge in [0.05, 0.1) is 12.1 Å². The van der Waals surface area contributed by atoms with Gasteiger partial charge in [0.15, 0.2) is 0 Å². The first-order valence-electron chi connectivity index (χ1n) is 6.09. The molecule has 0 aromatic carbocycles. The van der Waals surface area contributed by atoms with Crippen molar-refractivity contribution in [2.45, 2.75) is 39.3 Å². The Morgan fingerprint density at radius 1 is 1.47 bits per heavy atom. The standard InChI is InChI=1S/C12H20N4O/c1-8-4-11(15-14-8)5-12(17)16-6-9(2)13-10(3)7-16/h4,9-10,13H,5-7H2,1-3H3,(H,14,15)/t9-,10+. The molecule has 0 bridgehead atoms. The highest BCUT2D eigenvalue weighted by Gasteiger charge is 2.24. The highest BCUT2D eigenvalue weighted by molar-refractivity contribution is 5.78. The van der Waals surface area contributed by atoms with Crippen LogP contribution in [0.4, 0.5) is 0 Å². The topological polar surface area (TPSA) is 61.0 Å². The van der Waals surface area contributed by atoms with Gasteiger partial charge in [-0.3, -0.25) is 9.89 Å². The van der Waals surface area contributed by atoms with Gasteiger partial charge in [0.25, 0.3) is 0 Å². The second-order valence-electron chi connectivity index (χ2n) is 4.99. The molecular formula is C12H20N4O. The van der Waals surface area contributed by atoms with Gasteiger partial charge in [-0.05, 0) is 26.8 Å². The molecule has 1 saturated heterocycles. The summed E-state index contributed by atoms with van der Waals surface area (Å²) in [5.74, 6) is 0.164. The van der Waals surface area contributed by atoms with Crippen LogP contribution in [0.1, 0.15) is 25.2 Å². The van der Waals surface area contributed by atoms with Gasteiger partial charge in [0.2, 0.25) is 5.91 Å². The third kappa shape index (κ3) is 3.06. The number of carbonyl (C=O) groups excluding carboxylic acids is 1. The van der Waals surface area contributed by atoms with E-state index in [4.69, 9.17) is 0 Å². The van der Waals surface area contributed by atoms with Gasteiger partial charge in [-0.25, -0.2) is 0 Å². The lowest BCUT2D eigenvalue weighted by Crippen LogP contribution is -2.56. The number of aromatic nitrogens is 2.